The predicted molar refractivity (Wildman–Crippen MR) is 167 cm³/mol. The van der Waals surface area contributed by atoms with Crippen LogP contribution in [0.2, 0.25) is 0 Å². The van der Waals surface area contributed by atoms with Gasteiger partial charge in [-0.2, -0.15) is 13.2 Å². The van der Waals surface area contributed by atoms with Gasteiger partial charge in [-0.05, 0) is 73.7 Å². The van der Waals surface area contributed by atoms with Gasteiger partial charge < -0.3 is 19.5 Å². The van der Waals surface area contributed by atoms with Crippen molar-refractivity contribution in [2.45, 2.75) is 25.7 Å². The average Bonchev–Trinajstić information content (AvgIpc) is 3.37. The molecular formula is C34H31F3N6O3. The molecule has 1 aliphatic rings. The fraction of sp³-hybridized carbons (Fsp3) is 0.235. The minimum Gasteiger partial charge on any atom is -0.439 e. The van der Waals surface area contributed by atoms with Gasteiger partial charge in [0.05, 0.1) is 23.1 Å². The lowest BCUT2D eigenvalue weighted by Crippen LogP contribution is -2.53. The van der Waals surface area contributed by atoms with Crippen molar-refractivity contribution < 1.29 is 27.5 Å². The number of aryl methyl sites for hydroxylation is 1. The lowest BCUT2D eigenvalue weighted by atomic mass is 10.1. The number of anilines is 1. The van der Waals surface area contributed by atoms with Gasteiger partial charge in [0.15, 0.2) is 0 Å². The van der Waals surface area contributed by atoms with Gasteiger partial charge in [-0.15, -0.1) is 0 Å². The molecule has 0 unspecified atom stereocenters. The number of fused-ring (bicyclic) bond motifs is 1. The van der Waals surface area contributed by atoms with Crippen molar-refractivity contribution in [2.24, 2.45) is 7.05 Å². The number of carbonyl (C=O) groups is 2. The molecule has 236 valence electrons. The highest BCUT2D eigenvalue weighted by Crippen LogP contribution is 2.30. The third-order valence-electron chi connectivity index (χ3n) is 8.01. The molecule has 46 heavy (non-hydrogen) atoms. The Kier molecular flexibility index (Phi) is 8.46. The van der Waals surface area contributed by atoms with E-state index < -0.39 is 17.6 Å². The van der Waals surface area contributed by atoms with E-state index in [9.17, 15) is 22.8 Å². The Morgan fingerprint density at radius 2 is 1.78 bits per heavy atom. The molecule has 2 amide bonds. The summed E-state index contributed by atoms with van der Waals surface area (Å²) in [4.78, 5) is 39.0. The molecule has 0 aliphatic carbocycles. The molecule has 1 fully saturated rings. The molecule has 1 N–H and O–H groups in total. The summed E-state index contributed by atoms with van der Waals surface area (Å²) in [6.45, 7) is 4.96. The molecule has 5 aromatic rings. The van der Waals surface area contributed by atoms with Gasteiger partial charge in [0.25, 0.3) is 11.8 Å². The number of piperazine rings is 1. The van der Waals surface area contributed by atoms with Gasteiger partial charge in [0.2, 0.25) is 5.88 Å². The highest BCUT2D eigenvalue weighted by molar-refractivity contribution is 6.04. The van der Waals surface area contributed by atoms with Crippen LogP contribution in [0.5, 0.6) is 11.6 Å². The molecule has 0 radical (unpaired) electrons. The Balaban J connectivity index is 1.08. The Morgan fingerprint density at radius 1 is 0.978 bits per heavy atom. The maximum atomic E-state index is 13.7. The average molecular weight is 629 g/mol. The van der Waals surface area contributed by atoms with Crippen molar-refractivity contribution in [2.75, 3.05) is 25.0 Å². The van der Waals surface area contributed by atoms with Crippen LogP contribution in [-0.4, -0.2) is 61.8 Å². The van der Waals surface area contributed by atoms with Gasteiger partial charge in [0.1, 0.15) is 11.4 Å². The van der Waals surface area contributed by atoms with E-state index in [0.29, 0.717) is 23.7 Å². The summed E-state index contributed by atoms with van der Waals surface area (Å²) in [5.74, 6) is 0.200. The van der Waals surface area contributed by atoms with E-state index >= 15 is 0 Å². The quantitative estimate of drug-likeness (QED) is 0.225. The van der Waals surface area contributed by atoms with Crippen LogP contribution in [0.1, 0.15) is 39.0 Å². The van der Waals surface area contributed by atoms with E-state index in [1.54, 1.807) is 24.4 Å². The summed E-state index contributed by atoms with van der Waals surface area (Å²) in [5.41, 5.74) is 2.08. The number of ether oxygens (including phenoxy) is 1. The molecule has 1 saturated heterocycles. The summed E-state index contributed by atoms with van der Waals surface area (Å²) in [6, 6.07) is 20.4. The number of carbonyl (C=O) groups excluding carboxylic acids is 2. The van der Waals surface area contributed by atoms with Crippen molar-refractivity contribution in [3.63, 3.8) is 0 Å². The van der Waals surface area contributed by atoms with E-state index in [0.717, 1.165) is 60.5 Å². The number of hydrogen-bond acceptors (Lipinski definition) is 6. The van der Waals surface area contributed by atoms with Crippen molar-refractivity contribution in [1.82, 2.24) is 24.3 Å². The number of rotatable bonds is 7. The Labute approximate surface area is 263 Å². The van der Waals surface area contributed by atoms with E-state index in [2.05, 4.69) is 27.1 Å². The van der Waals surface area contributed by atoms with E-state index in [-0.39, 0.29) is 23.4 Å². The molecule has 0 saturated carbocycles. The summed E-state index contributed by atoms with van der Waals surface area (Å²) < 4.78 is 46.2. The monoisotopic (exact) mass is 628 g/mol. The number of aromatic nitrogens is 3. The number of amides is 2. The topological polar surface area (TPSA) is 92.6 Å². The first-order chi connectivity index (χ1) is 22.0. The maximum Gasteiger partial charge on any atom is 0.416 e. The highest BCUT2D eigenvalue weighted by Gasteiger charge is 2.31. The molecule has 12 heteroatoms. The van der Waals surface area contributed by atoms with Crippen molar-refractivity contribution in [3.8, 4) is 11.6 Å². The molecule has 9 nitrogen and oxygen atoms in total. The third kappa shape index (κ3) is 6.71. The molecule has 1 aliphatic heterocycles. The van der Waals surface area contributed by atoms with Crippen LogP contribution in [0.3, 0.4) is 0 Å². The molecule has 0 spiro atoms. The van der Waals surface area contributed by atoms with Crippen LogP contribution >= 0.6 is 0 Å². The Bertz CT molecular complexity index is 1860. The van der Waals surface area contributed by atoms with Crippen LogP contribution < -0.4 is 10.1 Å². The zero-order valence-corrected chi connectivity index (χ0v) is 25.2. The van der Waals surface area contributed by atoms with Gasteiger partial charge in [-0.1, -0.05) is 6.07 Å². The van der Waals surface area contributed by atoms with Crippen molar-refractivity contribution in [3.05, 3.63) is 114 Å². The minimum atomic E-state index is -4.48. The fourth-order valence-electron chi connectivity index (χ4n) is 5.59. The molecule has 3 aromatic heterocycles. The first-order valence-corrected chi connectivity index (χ1v) is 14.7. The van der Waals surface area contributed by atoms with Gasteiger partial charge in [0, 0.05) is 68.0 Å². The lowest BCUT2D eigenvalue weighted by Gasteiger charge is -2.39. The number of nitrogens with zero attached hydrogens (tertiary/aromatic N) is 5. The summed E-state index contributed by atoms with van der Waals surface area (Å²) in [5, 5.41) is 3.45. The van der Waals surface area contributed by atoms with E-state index in [4.69, 9.17) is 4.74 Å². The van der Waals surface area contributed by atoms with Crippen LogP contribution in [-0.2, 0) is 19.8 Å². The van der Waals surface area contributed by atoms with Crippen LogP contribution in [0, 0.1) is 0 Å². The smallest absolute Gasteiger partial charge is 0.416 e. The Hall–Kier alpha value is -5.23. The predicted octanol–water partition coefficient (Wildman–Crippen LogP) is 6.38. The third-order valence-corrected chi connectivity index (χ3v) is 8.01. The molecular weight excluding hydrogens is 597 g/mol. The fourth-order valence-corrected chi connectivity index (χ4v) is 5.59. The number of alkyl halides is 3. The second-order valence-corrected chi connectivity index (χ2v) is 11.2. The van der Waals surface area contributed by atoms with Crippen LogP contribution in [0.4, 0.5) is 18.9 Å². The standard InChI is InChI=1S/C34H31F3N6O3/c1-22-20-42(21-27-5-3-4-14-38-27)15-16-43(22)33(45)30-18-24-17-28(11-12-29(24)41(30)2)46-31-13-10-26(19-39-31)40-32(44)23-6-8-25(9-7-23)34(35,36)37/h3-14,17-19,22H,15-16,20-21H2,1-2H3,(H,40,44)/t22-/m1/s1. The van der Waals surface area contributed by atoms with Gasteiger partial charge in [-0.3, -0.25) is 19.5 Å². The molecule has 4 heterocycles. The van der Waals surface area contributed by atoms with Crippen molar-refractivity contribution >= 4 is 28.4 Å². The number of pyridine rings is 2. The van der Waals surface area contributed by atoms with Crippen LogP contribution in [0.25, 0.3) is 10.9 Å². The zero-order valence-electron chi connectivity index (χ0n) is 25.2. The number of nitrogens with one attached hydrogen (secondary N) is 1. The highest BCUT2D eigenvalue weighted by atomic mass is 19.4. The van der Waals surface area contributed by atoms with Crippen molar-refractivity contribution in [1.29, 1.82) is 0 Å². The normalized spacial score (nSPS) is 15.6. The Morgan fingerprint density at radius 3 is 2.46 bits per heavy atom. The molecule has 6 rings (SSSR count). The van der Waals surface area contributed by atoms with E-state index in [1.165, 1.54) is 6.20 Å². The lowest BCUT2D eigenvalue weighted by molar-refractivity contribution is -0.137. The van der Waals surface area contributed by atoms with Crippen LogP contribution in [0.15, 0.2) is 91.3 Å². The maximum absolute atomic E-state index is 13.7. The molecule has 0 bridgehead atoms. The second kappa shape index (κ2) is 12.6. The number of benzene rings is 2. The number of halogens is 3. The zero-order chi connectivity index (χ0) is 32.4. The van der Waals surface area contributed by atoms with Gasteiger partial charge in [-0.25, -0.2) is 4.98 Å². The minimum absolute atomic E-state index is 0.0262. The van der Waals surface area contributed by atoms with E-state index in [1.807, 2.05) is 52.9 Å². The summed E-state index contributed by atoms with van der Waals surface area (Å²) in [6.07, 6.45) is -1.29. The largest absolute Gasteiger partial charge is 0.439 e. The molecule has 1 atom stereocenters. The molecule has 2 aromatic carbocycles. The number of hydrogen-bond donors (Lipinski definition) is 1. The first kappa shape index (κ1) is 30.8. The SMILES string of the molecule is C[C@@H]1CN(Cc2ccccn2)CCN1C(=O)c1cc2cc(Oc3ccc(NC(=O)c4ccc(C(F)(F)F)cc4)cn3)ccc2n1C. The second-order valence-electron chi connectivity index (χ2n) is 11.2. The summed E-state index contributed by atoms with van der Waals surface area (Å²) >= 11 is 0. The first-order valence-electron chi connectivity index (χ1n) is 14.7. The van der Waals surface area contributed by atoms with Gasteiger partial charge >= 0.3 is 6.18 Å². The summed E-state index contributed by atoms with van der Waals surface area (Å²) in [7, 11) is 1.87.